The highest BCUT2D eigenvalue weighted by Crippen LogP contribution is 2.61. The van der Waals surface area contributed by atoms with Gasteiger partial charge in [-0.15, -0.1) is 0 Å². The van der Waals surface area contributed by atoms with Gasteiger partial charge < -0.3 is 20.2 Å². The van der Waals surface area contributed by atoms with Gasteiger partial charge in [-0.05, 0) is 149 Å². The molecule has 2 aromatic carbocycles. The summed E-state index contributed by atoms with van der Waals surface area (Å²) < 4.78 is 6.06. The molecule has 0 aliphatic heterocycles. The summed E-state index contributed by atoms with van der Waals surface area (Å²) in [6.07, 6.45) is 13.9. The molecule has 7 nitrogen and oxygen atoms in total. The van der Waals surface area contributed by atoms with Crippen molar-refractivity contribution in [2.75, 3.05) is 10.6 Å². The first-order valence-electron chi connectivity index (χ1n) is 16.2. The van der Waals surface area contributed by atoms with Crippen LogP contribution in [0.25, 0.3) is 22.6 Å². The third kappa shape index (κ3) is 3.95. The lowest BCUT2D eigenvalue weighted by Gasteiger charge is -2.55. The lowest BCUT2D eigenvalue weighted by molar-refractivity contribution is -0.141. The zero-order chi connectivity index (χ0) is 28.2. The first kappa shape index (κ1) is 25.2. The van der Waals surface area contributed by atoms with Crippen LogP contribution in [0.4, 0.5) is 11.4 Å². The Morgan fingerprint density at radius 1 is 0.690 bits per heavy atom. The number of rotatable bonds is 5. The van der Waals surface area contributed by atoms with Crippen LogP contribution >= 0.6 is 0 Å². The Morgan fingerprint density at radius 2 is 1.14 bits per heavy atom. The second-order valence-corrected chi connectivity index (χ2v) is 15.2. The fourth-order valence-corrected chi connectivity index (χ4v) is 11.2. The maximum absolute atomic E-state index is 13.6. The predicted octanol–water partition coefficient (Wildman–Crippen LogP) is 7.51. The van der Waals surface area contributed by atoms with Crippen molar-refractivity contribution in [2.45, 2.75) is 77.0 Å². The molecule has 0 radical (unpaired) electrons. The van der Waals surface area contributed by atoms with Crippen molar-refractivity contribution in [1.82, 2.24) is 4.98 Å². The van der Waals surface area contributed by atoms with E-state index in [1.165, 1.54) is 38.5 Å². The quantitative estimate of drug-likeness (QED) is 0.278. The largest absolute Gasteiger partial charge is 0.507 e. The highest BCUT2D eigenvalue weighted by molar-refractivity contribution is 5.98. The van der Waals surface area contributed by atoms with Crippen molar-refractivity contribution >= 4 is 34.3 Å². The average Bonchev–Trinajstić information content (AvgIpc) is 3.36. The Morgan fingerprint density at radius 3 is 1.64 bits per heavy atom. The summed E-state index contributed by atoms with van der Waals surface area (Å²) in [6, 6.07) is 10.7. The number of hydrogen-bond acceptors (Lipinski definition) is 5. The molecule has 8 aliphatic rings. The molecule has 8 fully saturated rings. The molecule has 0 atom stereocenters. The fourth-order valence-electron chi connectivity index (χ4n) is 11.2. The number of amides is 2. The third-order valence-corrected chi connectivity index (χ3v) is 12.2. The molecule has 42 heavy (non-hydrogen) atoms. The lowest BCUT2D eigenvalue weighted by Crippen LogP contribution is -2.51. The van der Waals surface area contributed by atoms with Crippen molar-refractivity contribution in [1.29, 1.82) is 0 Å². The highest BCUT2D eigenvalue weighted by Gasteiger charge is 2.55. The molecule has 1 heterocycles. The van der Waals surface area contributed by atoms with Gasteiger partial charge in [-0.3, -0.25) is 9.59 Å². The van der Waals surface area contributed by atoms with Crippen LogP contribution in [-0.2, 0) is 9.59 Å². The molecule has 1 aromatic heterocycles. The van der Waals surface area contributed by atoms with Crippen LogP contribution in [-0.4, -0.2) is 21.9 Å². The maximum Gasteiger partial charge on any atom is 0.231 e. The molecule has 11 rings (SSSR count). The van der Waals surface area contributed by atoms with Crippen molar-refractivity contribution in [3.05, 3.63) is 36.4 Å². The Kier molecular flexibility index (Phi) is 5.30. The molecule has 0 spiro atoms. The van der Waals surface area contributed by atoms with Gasteiger partial charge >= 0.3 is 0 Å². The van der Waals surface area contributed by atoms with Gasteiger partial charge in [-0.25, -0.2) is 4.98 Å². The van der Waals surface area contributed by atoms with Gasteiger partial charge in [0.15, 0.2) is 5.58 Å². The van der Waals surface area contributed by atoms with Crippen molar-refractivity contribution in [2.24, 2.45) is 46.3 Å². The van der Waals surface area contributed by atoms with Crippen molar-refractivity contribution in [3.8, 4) is 17.2 Å². The molecular weight excluding hydrogens is 526 g/mol. The van der Waals surface area contributed by atoms with Gasteiger partial charge in [-0.2, -0.15) is 0 Å². The highest BCUT2D eigenvalue weighted by atomic mass is 16.3. The molecule has 8 saturated carbocycles. The summed E-state index contributed by atoms with van der Waals surface area (Å²) in [5, 5.41) is 17.1. The zero-order valence-electron chi connectivity index (χ0n) is 24.0. The topological polar surface area (TPSA) is 104 Å². The predicted molar refractivity (Wildman–Crippen MR) is 160 cm³/mol. The number of aromatic hydroxyl groups is 1. The van der Waals surface area contributed by atoms with E-state index in [9.17, 15) is 14.7 Å². The van der Waals surface area contributed by atoms with Crippen LogP contribution < -0.4 is 10.6 Å². The molecular formula is C35H39N3O4. The summed E-state index contributed by atoms with van der Waals surface area (Å²) >= 11 is 0. The minimum atomic E-state index is -0.249. The first-order valence-corrected chi connectivity index (χ1v) is 16.2. The standard InChI is InChI=1S/C35H39N3O4/c39-29-3-1-25(36-32(40)34-13-19-5-20(14-34)7-21(6-19)15-34)11-27(29)31-38-28-12-26(2-4-30(28)42-31)37-33(41)35-16-22-8-23(17-35)10-24(9-22)18-35/h1-4,11-12,19-24,39H,5-10,13-18H2,(H,36,40)(H,37,41). The molecule has 7 heteroatoms. The van der Waals surface area contributed by atoms with Gasteiger partial charge in [0.2, 0.25) is 17.7 Å². The maximum atomic E-state index is 13.6. The Hall–Kier alpha value is -3.35. The summed E-state index contributed by atoms with van der Waals surface area (Å²) in [6.45, 7) is 0. The van der Waals surface area contributed by atoms with Crippen LogP contribution in [0.5, 0.6) is 5.75 Å². The Bertz CT molecular complexity index is 1550. The second-order valence-electron chi connectivity index (χ2n) is 15.2. The van der Waals surface area contributed by atoms with E-state index in [-0.39, 0.29) is 34.3 Å². The number of nitrogens with zero attached hydrogens (tertiary/aromatic N) is 1. The Balaban J connectivity index is 0.947. The normalized spacial score (nSPS) is 37.3. The molecule has 8 bridgehead atoms. The van der Waals surface area contributed by atoms with E-state index in [4.69, 9.17) is 4.42 Å². The molecule has 0 saturated heterocycles. The number of carbonyl (C=O) groups is 2. The van der Waals surface area contributed by atoms with Gasteiger partial charge in [-0.1, -0.05) is 0 Å². The van der Waals surface area contributed by atoms with E-state index in [1.807, 2.05) is 18.2 Å². The van der Waals surface area contributed by atoms with Crippen molar-refractivity contribution in [3.63, 3.8) is 0 Å². The molecule has 2 amide bonds. The molecule has 0 unspecified atom stereocenters. The van der Waals surface area contributed by atoms with Crippen molar-refractivity contribution < 1.29 is 19.1 Å². The fraction of sp³-hybridized carbons (Fsp3) is 0.571. The van der Waals surface area contributed by atoms with E-state index >= 15 is 0 Å². The van der Waals surface area contributed by atoms with Crippen LogP contribution in [0.3, 0.4) is 0 Å². The van der Waals surface area contributed by atoms with Gasteiger partial charge in [0.1, 0.15) is 11.3 Å². The average molecular weight is 566 g/mol. The smallest absolute Gasteiger partial charge is 0.231 e. The SMILES string of the molecule is O=C(Nc1ccc(O)c(-c2nc3cc(NC(=O)C45CC6CC(CC(C6)C4)C5)ccc3o2)c1)C12CC3CC(CC(C3)C1)C2. The van der Waals surface area contributed by atoms with E-state index in [0.29, 0.717) is 57.9 Å². The number of benzene rings is 2. The number of oxazole rings is 1. The van der Waals surface area contributed by atoms with E-state index < -0.39 is 0 Å². The molecule has 8 aliphatic carbocycles. The lowest BCUT2D eigenvalue weighted by atomic mass is 9.49. The number of phenols is 1. The first-order chi connectivity index (χ1) is 20.3. The van der Waals surface area contributed by atoms with E-state index in [2.05, 4.69) is 15.6 Å². The van der Waals surface area contributed by atoms with Crippen LogP contribution in [0.2, 0.25) is 0 Å². The second kappa shape index (κ2) is 8.84. The molecule has 3 N–H and O–H groups in total. The summed E-state index contributed by atoms with van der Waals surface area (Å²) in [7, 11) is 0. The number of nitrogens with one attached hydrogen (secondary N) is 2. The van der Waals surface area contributed by atoms with E-state index in [0.717, 1.165) is 44.2 Å². The van der Waals surface area contributed by atoms with E-state index in [1.54, 1.807) is 18.2 Å². The number of anilines is 2. The third-order valence-electron chi connectivity index (χ3n) is 12.2. The zero-order valence-corrected chi connectivity index (χ0v) is 24.0. The minimum Gasteiger partial charge on any atom is -0.507 e. The minimum absolute atomic E-state index is 0.0460. The number of aromatic nitrogens is 1. The monoisotopic (exact) mass is 565 g/mol. The summed E-state index contributed by atoms with van der Waals surface area (Å²) in [5.41, 5.74) is 2.55. The number of phenolic OH excluding ortho intramolecular Hbond substituents is 1. The Labute approximate surface area is 245 Å². The van der Waals surface area contributed by atoms with Crippen LogP contribution in [0.15, 0.2) is 40.8 Å². The number of carbonyl (C=O) groups excluding carboxylic acids is 2. The molecule has 3 aromatic rings. The van der Waals surface area contributed by atoms with Crippen LogP contribution in [0.1, 0.15) is 77.0 Å². The molecule has 218 valence electrons. The van der Waals surface area contributed by atoms with Crippen LogP contribution in [0, 0.1) is 46.3 Å². The number of fused-ring (bicyclic) bond motifs is 1. The van der Waals surface area contributed by atoms with Gasteiger partial charge in [0.25, 0.3) is 0 Å². The van der Waals surface area contributed by atoms with Gasteiger partial charge in [0, 0.05) is 11.4 Å². The number of hydrogen-bond donors (Lipinski definition) is 3. The van der Waals surface area contributed by atoms with Gasteiger partial charge in [0.05, 0.1) is 16.4 Å². The summed E-state index contributed by atoms with van der Waals surface area (Å²) in [4.78, 5) is 31.9. The summed E-state index contributed by atoms with van der Waals surface area (Å²) in [5.74, 6) is 4.83.